The first kappa shape index (κ1) is 17.8. The van der Waals surface area contributed by atoms with Gasteiger partial charge in [0.25, 0.3) is 0 Å². The van der Waals surface area contributed by atoms with Crippen molar-refractivity contribution in [3.63, 3.8) is 0 Å². The van der Waals surface area contributed by atoms with Crippen LogP contribution in [0.2, 0.25) is 0 Å². The summed E-state index contributed by atoms with van der Waals surface area (Å²) in [4.78, 5) is 21.8. The zero-order chi connectivity index (χ0) is 18.9. The van der Waals surface area contributed by atoms with Gasteiger partial charge in [-0.1, -0.05) is 18.8 Å². The lowest BCUT2D eigenvalue weighted by atomic mass is 9.91. The third-order valence-corrected chi connectivity index (χ3v) is 4.36. The molecule has 0 saturated carbocycles. The van der Waals surface area contributed by atoms with Crippen molar-refractivity contribution in [1.82, 2.24) is 9.97 Å². The highest BCUT2D eigenvalue weighted by Crippen LogP contribution is 2.29. The van der Waals surface area contributed by atoms with Crippen LogP contribution in [-0.4, -0.2) is 28.2 Å². The van der Waals surface area contributed by atoms with Crippen LogP contribution in [0, 0.1) is 29.4 Å². The van der Waals surface area contributed by atoms with E-state index in [4.69, 9.17) is 4.74 Å². The summed E-state index contributed by atoms with van der Waals surface area (Å²) in [6.45, 7) is 6.13. The van der Waals surface area contributed by atoms with Crippen LogP contribution in [0.3, 0.4) is 0 Å². The Hall–Kier alpha value is -3.01. The topological polar surface area (TPSA) is 55.3 Å². The van der Waals surface area contributed by atoms with Gasteiger partial charge in [0, 0.05) is 24.9 Å². The van der Waals surface area contributed by atoms with Crippen molar-refractivity contribution < 1.29 is 18.3 Å². The van der Waals surface area contributed by atoms with Gasteiger partial charge in [-0.2, -0.15) is 0 Å². The molecule has 0 radical (unpaired) electrons. The van der Waals surface area contributed by atoms with E-state index in [0.29, 0.717) is 12.1 Å². The van der Waals surface area contributed by atoms with Gasteiger partial charge < -0.3 is 4.74 Å². The Bertz CT molecular complexity index is 901. The minimum atomic E-state index is -0.607. The second-order valence-corrected chi connectivity index (χ2v) is 6.63. The number of cyclic esters (lactones) is 1. The zero-order valence-electron chi connectivity index (χ0n) is 14.6. The van der Waals surface area contributed by atoms with E-state index >= 15 is 0 Å². The molecule has 1 fully saturated rings. The Labute approximate surface area is 150 Å². The first-order chi connectivity index (χ1) is 12.3. The smallest absolute Gasteiger partial charge is 0.417 e. The van der Waals surface area contributed by atoms with Gasteiger partial charge >= 0.3 is 6.09 Å². The molecule has 1 aromatic carbocycles. The van der Waals surface area contributed by atoms with Crippen LogP contribution in [-0.2, 0) is 4.74 Å². The number of carbonyl (C=O) groups excluding carboxylic acids is 1. The van der Waals surface area contributed by atoms with E-state index in [1.807, 2.05) is 20.8 Å². The maximum Gasteiger partial charge on any atom is 0.417 e. The van der Waals surface area contributed by atoms with Gasteiger partial charge in [0.2, 0.25) is 5.95 Å². The van der Waals surface area contributed by atoms with Gasteiger partial charge in [-0.3, -0.25) is 0 Å². The molecule has 0 N–H and O–H groups in total. The highest BCUT2D eigenvalue weighted by Gasteiger charge is 2.40. The monoisotopic (exact) mass is 357 g/mol. The minimum Gasteiger partial charge on any atom is -0.443 e. The van der Waals surface area contributed by atoms with Crippen LogP contribution in [0.5, 0.6) is 0 Å². The van der Waals surface area contributed by atoms with Crippen LogP contribution in [0.4, 0.5) is 19.5 Å². The highest BCUT2D eigenvalue weighted by atomic mass is 19.1. The number of halogens is 2. The number of rotatable bonds is 1. The lowest BCUT2D eigenvalue weighted by Gasteiger charge is -2.40. The number of aromatic nitrogens is 2. The van der Waals surface area contributed by atoms with Crippen molar-refractivity contribution in [2.75, 3.05) is 11.4 Å². The molecule has 1 atom stereocenters. The Balaban J connectivity index is 1.79. The number of hydrogen-bond acceptors (Lipinski definition) is 4. The van der Waals surface area contributed by atoms with E-state index in [0.717, 1.165) is 18.2 Å². The molecule has 134 valence electrons. The Morgan fingerprint density at radius 3 is 2.62 bits per heavy atom. The number of anilines is 1. The lowest BCUT2D eigenvalue weighted by Crippen LogP contribution is -2.52. The molecule has 26 heavy (non-hydrogen) atoms. The van der Waals surface area contributed by atoms with Crippen molar-refractivity contribution in [3.8, 4) is 11.8 Å². The van der Waals surface area contributed by atoms with E-state index in [9.17, 15) is 13.6 Å². The minimum absolute atomic E-state index is 0.0512. The molecule has 5 nitrogen and oxygen atoms in total. The predicted octanol–water partition coefficient (Wildman–Crippen LogP) is 3.53. The first-order valence-electron chi connectivity index (χ1n) is 8.06. The van der Waals surface area contributed by atoms with Gasteiger partial charge in [-0.05, 0) is 32.0 Å². The fraction of sp³-hybridized carbons (Fsp3) is 0.316. The molecule has 0 unspecified atom stereocenters. The van der Waals surface area contributed by atoms with Crippen molar-refractivity contribution in [2.24, 2.45) is 5.92 Å². The SMILES string of the molecule is C[C@H]1CN(c2ncc(C#Cc3cc(F)ccc3F)cn2)C(=O)OC1(C)C. The number of ether oxygens (including phenoxy) is 1. The normalized spacial score (nSPS) is 18.7. The van der Waals surface area contributed by atoms with Crippen LogP contribution in [0.1, 0.15) is 31.9 Å². The number of hydrogen-bond donors (Lipinski definition) is 0. The molecule has 1 aliphatic rings. The lowest BCUT2D eigenvalue weighted by molar-refractivity contribution is -0.0127. The highest BCUT2D eigenvalue weighted by molar-refractivity contribution is 5.86. The summed E-state index contributed by atoms with van der Waals surface area (Å²) in [5.41, 5.74) is -0.186. The summed E-state index contributed by atoms with van der Waals surface area (Å²) < 4.78 is 32.1. The molecule has 0 spiro atoms. The number of nitrogens with zero attached hydrogens (tertiary/aromatic N) is 3. The molecule has 1 aliphatic heterocycles. The van der Waals surface area contributed by atoms with Crippen LogP contribution in [0.25, 0.3) is 0 Å². The van der Waals surface area contributed by atoms with Crippen molar-refractivity contribution in [2.45, 2.75) is 26.4 Å². The predicted molar refractivity (Wildman–Crippen MR) is 91.4 cm³/mol. The van der Waals surface area contributed by atoms with Crippen LogP contribution >= 0.6 is 0 Å². The number of carbonyl (C=O) groups is 1. The molecule has 1 saturated heterocycles. The van der Waals surface area contributed by atoms with E-state index in [1.165, 1.54) is 17.3 Å². The van der Waals surface area contributed by atoms with Crippen molar-refractivity contribution in [1.29, 1.82) is 0 Å². The summed E-state index contributed by atoms with van der Waals surface area (Å²) in [5.74, 6) is 4.35. The summed E-state index contributed by atoms with van der Waals surface area (Å²) in [5, 5.41) is 0. The van der Waals surface area contributed by atoms with Crippen LogP contribution in [0.15, 0.2) is 30.6 Å². The molecule has 2 heterocycles. The van der Waals surface area contributed by atoms with Gasteiger partial charge in [-0.15, -0.1) is 0 Å². The summed E-state index contributed by atoms with van der Waals surface area (Å²) in [7, 11) is 0. The standard InChI is InChI=1S/C19H17F2N3O2/c1-12-11-24(18(25)26-19(12,2)3)17-22-9-13(10-23-17)4-5-14-8-15(20)6-7-16(14)21/h6-10,12H,11H2,1-3H3/t12-/m0/s1. The van der Waals surface area contributed by atoms with Gasteiger partial charge in [0.1, 0.15) is 17.2 Å². The molecule has 2 aromatic rings. The molecular formula is C19H17F2N3O2. The second-order valence-electron chi connectivity index (χ2n) is 6.63. The first-order valence-corrected chi connectivity index (χ1v) is 8.06. The number of benzene rings is 1. The Morgan fingerprint density at radius 1 is 1.23 bits per heavy atom. The molecule has 3 rings (SSSR count). The van der Waals surface area contributed by atoms with Crippen LogP contribution < -0.4 is 4.90 Å². The molecule has 1 aromatic heterocycles. The van der Waals surface area contributed by atoms with Gasteiger partial charge in [0.05, 0.1) is 11.1 Å². The van der Waals surface area contributed by atoms with Crippen molar-refractivity contribution >= 4 is 12.0 Å². The molecule has 0 bridgehead atoms. The molecule has 0 aliphatic carbocycles. The van der Waals surface area contributed by atoms with Gasteiger partial charge in [-0.25, -0.2) is 28.4 Å². The molecule has 1 amide bonds. The average Bonchev–Trinajstić information content (AvgIpc) is 2.59. The van der Waals surface area contributed by atoms with E-state index in [-0.39, 0.29) is 17.4 Å². The summed E-state index contributed by atoms with van der Waals surface area (Å²) >= 11 is 0. The fourth-order valence-corrected chi connectivity index (χ4v) is 2.37. The quantitative estimate of drug-likeness (QED) is 0.733. The Morgan fingerprint density at radius 2 is 1.92 bits per heavy atom. The average molecular weight is 357 g/mol. The van der Waals surface area contributed by atoms with Crippen molar-refractivity contribution in [3.05, 3.63) is 53.4 Å². The maximum atomic E-state index is 13.6. The fourth-order valence-electron chi connectivity index (χ4n) is 2.37. The van der Waals surface area contributed by atoms with E-state index in [2.05, 4.69) is 21.8 Å². The second kappa shape index (κ2) is 6.71. The number of amides is 1. The van der Waals surface area contributed by atoms with Gasteiger partial charge in [0.15, 0.2) is 0 Å². The van der Waals surface area contributed by atoms with E-state index in [1.54, 1.807) is 0 Å². The summed E-state index contributed by atoms with van der Waals surface area (Å²) in [6.07, 6.45) is 2.34. The molecule has 7 heteroatoms. The maximum absolute atomic E-state index is 13.6. The molecular weight excluding hydrogens is 340 g/mol. The summed E-state index contributed by atoms with van der Waals surface area (Å²) in [6, 6.07) is 3.06. The van der Waals surface area contributed by atoms with E-state index < -0.39 is 23.3 Å². The largest absolute Gasteiger partial charge is 0.443 e. The third kappa shape index (κ3) is 3.64. The third-order valence-electron chi connectivity index (χ3n) is 4.36. The Kier molecular flexibility index (Phi) is 4.60. The zero-order valence-corrected chi connectivity index (χ0v) is 14.6.